The first-order chi connectivity index (χ1) is 9.02. The molecule has 0 spiro atoms. The average molecular weight is 281 g/mol. The third-order valence-electron chi connectivity index (χ3n) is 3.30. The summed E-state index contributed by atoms with van der Waals surface area (Å²) in [4.78, 5) is 18.3. The number of hydrogen-bond acceptors (Lipinski definition) is 4. The minimum absolute atomic E-state index is 0.0765. The molecule has 0 aromatic carbocycles. The van der Waals surface area contributed by atoms with E-state index in [0.717, 1.165) is 6.42 Å². The van der Waals surface area contributed by atoms with Gasteiger partial charge in [0, 0.05) is 26.2 Å². The Morgan fingerprint density at radius 1 is 1.68 bits per heavy atom. The van der Waals surface area contributed by atoms with Crippen molar-refractivity contribution in [3.8, 4) is 6.07 Å². The number of carbonyl (C=O) groups is 1. The lowest BCUT2D eigenvalue weighted by molar-refractivity contribution is 0.155. The molecular weight excluding hydrogens is 268 g/mol. The number of nitriles is 1. The third kappa shape index (κ3) is 2.71. The number of nitrogens with zero attached hydrogens (tertiary/aromatic N) is 4. The van der Waals surface area contributed by atoms with Crippen LogP contribution in [0.4, 0.5) is 10.6 Å². The van der Waals surface area contributed by atoms with Crippen molar-refractivity contribution < 1.29 is 9.90 Å². The Labute approximate surface area is 115 Å². The van der Waals surface area contributed by atoms with Crippen molar-refractivity contribution in [2.45, 2.75) is 12.5 Å². The molecule has 1 aromatic rings. The zero-order valence-electron chi connectivity index (χ0n) is 10.4. The molecule has 19 heavy (non-hydrogen) atoms. The van der Waals surface area contributed by atoms with E-state index in [1.165, 1.54) is 4.90 Å². The Morgan fingerprint density at radius 2 is 2.42 bits per heavy atom. The number of likely N-dealkylation sites (tertiary alicyclic amines) is 1. The predicted octanol–water partition coefficient (Wildman–Crippen LogP) is 1.80. The van der Waals surface area contributed by atoms with Gasteiger partial charge in [-0.25, -0.2) is 9.78 Å². The molecule has 1 atom stereocenters. The fourth-order valence-electron chi connectivity index (χ4n) is 2.12. The topological polar surface area (TPSA) is 80.5 Å². The van der Waals surface area contributed by atoms with Crippen LogP contribution in [-0.2, 0) is 0 Å². The van der Waals surface area contributed by atoms with Crippen molar-refractivity contribution in [2.24, 2.45) is 0 Å². The molecule has 6 nitrogen and oxygen atoms in total. The standard InChI is InChI=1S/C12H13ClN4O2/c1-16(9-4-5-17(7-9)12(18)19)10-3-2-8(6-14)11(13)15-10/h2-3,9H,4-5,7H2,1H3,(H,18,19). The van der Waals surface area contributed by atoms with Crippen molar-refractivity contribution >= 4 is 23.5 Å². The van der Waals surface area contributed by atoms with Gasteiger partial charge < -0.3 is 14.9 Å². The summed E-state index contributed by atoms with van der Waals surface area (Å²) in [5, 5.41) is 17.9. The number of pyridine rings is 1. The molecule has 2 heterocycles. The van der Waals surface area contributed by atoms with Crippen LogP contribution in [0.2, 0.25) is 5.15 Å². The van der Waals surface area contributed by atoms with E-state index in [0.29, 0.717) is 24.5 Å². The molecule has 100 valence electrons. The van der Waals surface area contributed by atoms with E-state index in [2.05, 4.69) is 4.98 Å². The average Bonchev–Trinajstić information content (AvgIpc) is 2.87. The normalized spacial score (nSPS) is 18.2. The van der Waals surface area contributed by atoms with Gasteiger partial charge in [0.2, 0.25) is 0 Å². The Hall–Kier alpha value is -2.00. The number of carboxylic acid groups (broad SMARTS) is 1. The van der Waals surface area contributed by atoms with E-state index < -0.39 is 6.09 Å². The minimum Gasteiger partial charge on any atom is -0.465 e. The van der Waals surface area contributed by atoms with Crippen LogP contribution in [0.3, 0.4) is 0 Å². The molecule has 0 aliphatic carbocycles. The highest BCUT2D eigenvalue weighted by Gasteiger charge is 2.29. The highest BCUT2D eigenvalue weighted by molar-refractivity contribution is 6.30. The molecule has 1 unspecified atom stereocenters. The summed E-state index contributed by atoms with van der Waals surface area (Å²) >= 11 is 5.89. The Kier molecular flexibility index (Phi) is 3.76. The van der Waals surface area contributed by atoms with Gasteiger partial charge in [0.15, 0.2) is 0 Å². The molecule has 1 fully saturated rings. The summed E-state index contributed by atoms with van der Waals surface area (Å²) in [5.74, 6) is 0.640. The van der Waals surface area contributed by atoms with Gasteiger partial charge in [0.1, 0.15) is 17.0 Å². The van der Waals surface area contributed by atoms with Crippen molar-refractivity contribution in [3.05, 3.63) is 22.8 Å². The first kappa shape index (κ1) is 13.4. The van der Waals surface area contributed by atoms with E-state index in [-0.39, 0.29) is 11.2 Å². The van der Waals surface area contributed by atoms with Crippen LogP contribution in [-0.4, -0.2) is 47.3 Å². The predicted molar refractivity (Wildman–Crippen MR) is 70.4 cm³/mol. The number of likely N-dealkylation sites (N-methyl/N-ethyl adjacent to an activating group) is 1. The van der Waals surface area contributed by atoms with Gasteiger partial charge in [-0.1, -0.05) is 11.6 Å². The smallest absolute Gasteiger partial charge is 0.407 e. The molecule has 1 amide bonds. The zero-order chi connectivity index (χ0) is 14.0. The Morgan fingerprint density at radius 3 is 2.95 bits per heavy atom. The number of hydrogen-bond donors (Lipinski definition) is 1. The first-order valence-electron chi connectivity index (χ1n) is 5.80. The van der Waals surface area contributed by atoms with E-state index >= 15 is 0 Å². The zero-order valence-corrected chi connectivity index (χ0v) is 11.1. The molecule has 0 radical (unpaired) electrons. The van der Waals surface area contributed by atoms with E-state index in [1.807, 2.05) is 18.0 Å². The number of halogens is 1. The molecule has 1 N–H and O–H groups in total. The summed E-state index contributed by atoms with van der Waals surface area (Å²) < 4.78 is 0. The van der Waals surface area contributed by atoms with Gasteiger partial charge >= 0.3 is 6.09 Å². The molecule has 1 aliphatic heterocycles. The lowest BCUT2D eigenvalue weighted by Gasteiger charge is -2.25. The monoisotopic (exact) mass is 280 g/mol. The second-order valence-electron chi connectivity index (χ2n) is 4.40. The van der Waals surface area contributed by atoms with Gasteiger partial charge in [0.25, 0.3) is 0 Å². The van der Waals surface area contributed by atoms with Crippen LogP contribution >= 0.6 is 11.6 Å². The molecule has 7 heteroatoms. The third-order valence-corrected chi connectivity index (χ3v) is 3.59. The van der Waals surface area contributed by atoms with Crippen molar-refractivity contribution in [1.82, 2.24) is 9.88 Å². The Balaban J connectivity index is 2.13. The SMILES string of the molecule is CN(c1ccc(C#N)c(Cl)n1)C1CCN(C(=O)O)C1. The van der Waals surface area contributed by atoms with E-state index in [4.69, 9.17) is 22.0 Å². The summed E-state index contributed by atoms with van der Waals surface area (Å²) in [6, 6.07) is 5.36. The van der Waals surface area contributed by atoms with Crippen molar-refractivity contribution in [2.75, 3.05) is 25.0 Å². The van der Waals surface area contributed by atoms with Crippen LogP contribution < -0.4 is 4.90 Å². The molecule has 1 aliphatic rings. The summed E-state index contributed by atoms with van der Waals surface area (Å²) in [7, 11) is 1.85. The summed E-state index contributed by atoms with van der Waals surface area (Å²) in [6.45, 7) is 0.972. The highest BCUT2D eigenvalue weighted by atomic mass is 35.5. The minimum atomic E-state index is -0.901. The molecule has 1 aromatic heterocycles. The van der Waals surface area contributed by atoms with Gasteiger partial charge in [-0.2, -0.15) is 5.26 Å². The van der Waals surface area contributed by atoms with Crippen molar-refractivity contribution in [1.29, 1.82) is 5.26 Å². The van der Waals surface area contributed by atoms with Crippen molar-refractivity contribution in [3.63, 3.8) is 0 Å². The van der Waals surface area contributed by atoms with Crippen LogP contribution in [0.15, 0.2) is 12.1 Å². The number of amides is 1. The second-order valence-corrected chi connectivity index (χ2v) is 4.76. The first-order valence-corrected chi connectivity index (χ1v) is 6.18. The van der Waals surface area contributed by atoms with Crippen LogP contribution in [0.5, 0.6) is 0 Å². The number of anilines is 1. The fourth-order valence-corrected chi connectivity index (χ4v) is 2.32. The van der Waals surface area contributed by atoms with Crippen LogP contribution in [0.25, 0.3) is 0 Å². The van der Waals surface area contributed by atoms with Crippen LogP contribution in [0, 0.1) is 11.3 Å². The second kappa shape index (κ2) is 5.33. The van der Waals surface area contributed by atoms with Gasteiger partial charge in [0.05, 0.1) is 5.56 Å². The van der Waals surface area contributed by atoms with E-state index in [1.54, 1.807) is 12.1 Å². The maximum absolute atomic E-state index is 10.9. The Bertz CT molecular complexity index is 543. The quantitative estimate of drug-likeness (QED) is 0.836. The number of rotatable bonds is 2. The lowest BCUT2D eigenvalue weighted by atomic mass is 10.2. The largest absolute Gasteiger partial charge is 0.465 e. The lowest BCUT2D eigenvalue weighted by Crippen LogP contribution is -2.36. The van der Waals surface area contributed by atoms with Gasteiger partial charge in [-0.3, -0.25) is 0 Å². The molecule has 1 saturated heterocycles. The molecule has 0 bridgehead atoms. The molecule has 2 rings (SSSR count). The molecule has 0 saturated carbocycles. The molecular formula is C12H13ClN4O2. The van der Waals surface area contributed by atoms with Gasteiger partial charge in [-0.05, 0) is 18.6 Å². The van der Waals surface area contributed by atoms with Crippen LogP contribution in [0.1, 0.15) is 12.0 Å². The van der Waals surface area contributed by atoms with Gasteiger partial charge in [-0.15, -0.1) is 0 Å². The fraction of sp³-hybridized carbons (Fsp3) is 0.417. The summed E-state index contributed by atoms with van der Waals surface area (Å²) in [6.07, 6.45) is -0.149. The number of aromatic nitrogens is 1. The van der Waals surface area contributed by atoms with E-state index in [9.17, 15) is 4.79 Å². The maximum atomic E-state index is 10.9. The summed E-state index contributed by atoms with van der Waals surface area (Å²) in [5.41, 5.74) is 0.331. The maximum Gasteiger partial charge on any atom is 0.407 e. The highest BCUT2D eigenvalue weighted by Crippen LogP contribution is 2.23.